The van der Waals surface area contributed by atoms with Crippen molar-refractivity contribution >= 4 is 22.6 Å². The summed E-state index contributed by atoms with van der Waals surface area (Å²) in [5.41, 5.74) is 2.68. The van der Waals surface area contributed by atoms with Crippen LogP contribution in [0.5, 0.6) is 5.75 Å². The van der Waals surface area contributed by atoms with Gasteiger partial charge in [0.05, 0.1) is 16.1 Å². The van der Waals surface area contributed by atoms with Crippen molar-refractivity contribution in [1.82, 2.24) is 9.55 Å². The molecule has 1 N–H and O–H groups in total. The fourth-order valence-electron chi connectivity index (χ4n) is 2.46. The lowest BCUT2D eigenvalue weighted by Crippen LogP contribution is -2.03. The van der Waals surface area contributed by atoms with Gasteiger partial charge in [-0.3, -0.25) is 0 Å². The zero-order valence-corrected chi connectivity index (χ0v) is 12.1. The third kappa shape index (κ3) is 2.04. The lowest BCUT2D eigenvalue weighted by molar-refractivity contribution is 0.475. The van der Waals surface area contributed by atoms with Crippen molar-refractivity contribution in [1.29, 1.82) is 0 Å². The van der Waals surface area contributed by atoms with Gasteiger partial charge < -0.3 is 9.67 Å². The van der Waals surface area contributed by atoms with Crippen LogP contribution in [0.15, 0.2) is 42.5 Å². The zero-order valence-electron chi connectivity index (χ0n) is 11.3. The van der Waals surface area contributed by atoms with Crippen molar-refractivity contribution in [2.24, 2.45) is 0 Å². The van der Waals surface area contributed by atoms with Crippen molar-refractivity contribution in [3.05, 3.63) is 47.5 Å². The summed E-state index contributed by atoms with van der Waals surface area (Å²) in [7, 11) is 0. The van der Waals surface area contributed by atoms with Crippen LogP contribution in [0.2, 0.25) is 5.02 Å². The second kappa shape index (κ2) is 4.84. The van der Waals surface area contributed by atoms with E-state index in [2.05, 4.69) is 23.4 Å². The first-order valence-corrected chi connectivity index (χ1v) is 6.91. The summed E-state index contributed by atoms with van der Waals surface area (Å²) in [6, 6.07) is 13.1. The van der Waals surface area contributed by atoms with Crippen molar-refractivity contribution in [2.45, 2.75) is 19.9 Å². The van der Waals surface area contributed by atoms with Crippen molar-refractivity contribution in [3.8, 4) is 17.1 Å². The second-order valence-electron chi connectivity index (χ2n) is 5.06. The Morgan fingerprint density at radius 2 is 1.90 bits per heavy atom. The van der Waals surface area contributed by atoms with Gasteiger partial charge in [0, 0.05) is 11.6 Å². The Morgan fingerprint density at radius 1 is 1.15 bits per heavy atom. The van der Waals surface area contributed by atoms with E-state index in [9.17, 15) is 5.11 Å². The number of halogens is 1. The molecule has 3 aromatic rings. The van der Waals surface area contributed by atoms with Gasteiger partial charge in [0.25, 0.3) is 0 Å². The van der Waals surface area contributed by atoms with Crippen molar-refractivity contribution < 1.29 is 5.11 Å². The number of hydrogen-bond donors (Lipinski definition) is 1. The van der Waals surface area contributed by atoms with Gasteiger partial charge in [-0.25, -0.2) is 4.98 Å². The summed E-state index contributed by atoms with van der Waals surface area (Å²) in [6.45, 7) is 4.19. The van der Waals surface area contributed by atoms with E-state index in [0.717, 1.165) is 22.4 Å². The Balaban J connectivity index is 2.36. The van der Waals surface area contributed by atoms with Crippen LogP contribution >= 0.6 is 11.6 Å². The molecule has 1 heterocycles. The number of nitrogens with zero attached hydrogens (tertiary/aromatic N) is 2. The molecule has 0 saturated heterocycles. The monoisotopic (exact) mass is 286 g/mol. The van der Waals surface area contributed by atoms with Crippen LogP contribution in [0, 0.1) is 0 Å². The first-order chi connectivity index (χ1) is 9.58. The Hall–Kier alpha value is -2.00. The number of aromatic hydroxyl groups is 1. The number of benzene rings is 2. The largest absolute Gasteiger partial charge is 0.508 e. The number of rotatable bonds is 2. The van der Waals surface area contributed by atoms with Gasteiger partial charge in [-0.1, -0.05) is 29.8 Å². The highest BCUT2D eigenvalue weighted by atomic mass is 35.5. The van der Waals surface area contributed by atoms with E-state index in [1.807, 2.05) is 30.3 Å². The molecule has 0 atom stereocenters. The molecule has 0 radical (unpaired) electrons. The van der Waals surface area contributed by atoms with Crippen LogP contribution in [-0.4, -0.2) is 14.7 Å². The van der Waals surface area contributed by atoms with E-state index >= 15 is 0 Å². The molecule has 0 unspecified atom stereocenters. The van der Waals surface area contributed by atoms with Crippen LogP contribution in [0.1, 0.15) is 19.9 Å². The molecule has 1 aromatic heterocycles. The highest BCUT2D eigenvalue weighted by Crippen LogP contribution is 2.33. The lowest BCUT2D eigenvalue weighted by Gasteiger charge is -2.14. The van der Waals surface area contributed by atoms with E-state index in [4.69, 9.17) is 11.6 Å². The van der Waals surface area contributed by atoms with E-state index < -0.39 is 0 Å². The van der Waals surface area contributed by atoms with E-state index in [-0.39, 0.29) is 11.8 Å². The Labute approximate surface area is 122 Å². The minimum absolute atomic E-state index is 0.220. The van der Waals surface area contributed by atoms with E-state index in [1.165, 1.54) is 0 Å². The molecule has 3 rings (SSSR count). The first kappa shape index (κ1) is 13.0. The molecular formula is C16H15ClN2O. The van der Waals surface area contributed by atoms with Crippen molar-refractivity contribution in [3.63, 3.8) is 0 Å². The molecule has 4 heteroatoms. The summed E-state index contributed by atoms with van der Waals surface area (Å²) >= 11 is 6.33. The van der Waals surface area contributed by atoms with E-state index in [0.29, 0.717) is 5.02 Å². The van der Waals surface area contributed by atoms with E-state index in [1.54, 1.807) is 12.1 Å². The molecule has 0 aliphatic rings. The number of aromatic nitrogens is 2. The summed E-state index contributed by atoms with van der Waals surface area (Å²) in [4.78, 5) is 4.67. The zero-order chi connectivity index (χ0) is 14.3. The van der Waals surface area contributed by atoms with Crippen molar-refractivity contribution in [2.75, 3.05) is 0 Å². The highest BCUT2D eigenvalue weighted by molar-refractivity contribution is 6.35. The minimum atomic E-state index is 0.220. The molecule has 0 amide bonds. The molecule has 0 aliphatic heterocycles. The Bertz CT molecular complexity index is 777. The Kier molecular flexibility index (Phi) is 3.14. The smallest absolute Gasteiger partial charge is 0.141 e. The molecule has 0 aliphatic carbocycles. The molecule has 2 aromatic carbocycles. The summed E-state index contributed by atoms with van der Waals surface area (Å²) in [5, 5.41) is 10.4. The normalized spacial score (nSPS) is 11.4. The average Bonchev–Trinajstić information content (AvgIpc) is 2.79. The predicted octanol–water partition coefficient (Wildman–Crippen LogP) is 4.64. The highest BCUT2D eigenvalue weighted by Gasteiger charge is 2.17. The number of phenols is 1. The first-order valence-electron chi connectivity index (χ1n) is 6.54. The number of imidazole rings is 1. The fraction of sp³-hybridized carbons (Fsp3) is 0.188. The molecule has 0 bridgehead atoms. The number of para-hydroxylation sites is 1. The predicted molar refractivity (Wildman–Crippen MR) is 82.2 cm³/mol. The maximum Gasteiger partial charge on any atom is 0.141 e. The molecule has 0 spiro atoms. The second-order valence-corrected chi connectivity index (χ2v) is 5.46. The molecule has 20 heavy (non-hydrogen) atoms. The number of fused-ring (bicyclic) bond motifs is 1. The summed E-state index contributed by atoms with van der Waals surface area (Å²) in [5.74, 6) is 1.05. The van der Waals surface area contributed by atoms with Gasteiger partial charge in [0.2, 0.25) is 0 Å². The molecule has 0 saturated carbocycles. The SMILES string of the molecule is CC(C)n1c(-c2cccc(O)c2)nc2cccc(Cl)c21. The molecular weight excluding hydrogens is 272 g/mol. The third-order valence-electron chi connectivity index (χ3n) is 3.28. The van der Waals surface area contributed by atoms with Gasteiger partial charge in [0.15, 0.2) is 0 Å². The molecule has 102 valence electrons. The Morgan fingerprint density at radius 3 is 2.60 bits per heavy atom. The van der Waals surface area contributed by atoms with Gasteiger partial charge in [-0.15, -0.1) is 0 Å². The van der Waals surface area contributed by atoms with Crippen LogP contribution in [0.25, 0.3) is 22.4 Å². The summed E-state index contributed by atoms with van der Waals surface area (Å²) in [6.07, 6.45) is 0. The van der Waals surface area contributed by atoms with Crippen LogP contribution in [0.3, 0.4) is 0 Å². The van der Waals surface area contributed by atoms with Gasteiger partial charge in [-0.05, 0) is 38.1 Å². The molecule has 0 fully saturated rings. The quantitative estimate of drug-likeness (QED) is 0.745. The summed E-state index contributed by atoms with van der Waals surface area (Å²) < 4.78 is 2.10. The van der Waals surface area contributed by atoms with Gasteiger partial charge >= 0.3 is 0 Å². The standard InChI is InChI=1S/C16H15ClN2O/c1-10(2)19-15-13(17)7-4-8-14(15)18-16(19)11-5-3-6-12(20)9-11/h3-10,20H,1-2H3. The maximum absolute atomic E-state index is 9.67. The average molecular weight is 287 g/mol. The molecule has 3 nitrogen and oxygen atoms in total. The number of phenolic OH excluding ortho intramolecular Hbond substituents is 1. The van der Waals surface area contributed by atoms with Gasteiger partial charge in [0.1, 0.15) is 11.6 Å². The van der Waals surface area contributed by atoms with Crippen LogP contribution < -0.4 is 0 Å². The maximum atomic E-state index is 9.67. The fourth-order valence-corrected chi connectivity index (χ4v) is 2.72. The minimum Gasteiger partial charge on any atom is -0.508 e. The van der Waals surface area contributed by atoms with Gasteiger partial charge in [-0.2, -0.15) is 0 Å². The topological polar surface area (TPSA) is 38.0 Å². The number of hydrogen-bond acceptors (Lipinski definition) is 2. The van der Waals surface area contributed by atoms with Crippen LogP contribution in [0.4, 0.5) is 0 Å². The van der Waals surface area contributed by atoms with Crippen LogP contribution in [-0.2, 0) is 0 Å². The lowest BCUT2D eigenvalue weighted by atomic mass is 10.2. The third-order valence-corrected chi connectivity index (χ3v) is 3.59.